The van der Waals surface area contributed by atoms with Crippen LogP contribution in [0.25, 0.3) is 0 Å². The molecule has 0 saturated carbocycles. The van der Waals surface area contributed by atoms with Crippen LogP contribution in [0.1, 0.15) is 18.9 Å². The van der Waals surface area contributed by atoms with Gasteiger partial charge in [-0.2, -0.15) is 5.26 Å². The van der Waals surface area contributed by atoms with E-state index in [0.29, 0.717) is 12.1 Å². The van der Waals surface area contributed by atoms with Gasteiger partial charge in [-0.05, 0) is 18.6 Å². The van der Waals surface area contributed by atoms with Crippen molar-refractivity contribution in [3.63, 3.8) is 0 Å². The third-order valence-corrected chi connectivity index (χ3v) is 2.14. The molecule has 0 bridgehead atoms. The van der Waals surface area contributed by atoms with Crippen LogP contribution in [0.4, 0.5) is 5.69 Å². The van der Waals surface area contributed by atoms with Crippen molar-refractivity contribution in [3.05, 3.63) is 29.8 Å². The Bertz CT molecular complexity index is 396. The Morgan fingerprint density at radius 1 is 1.40 bits per heavy atom. The highest BCUT2D eigenvalue weighted by Gasteiger charge is 2.07. The van der Waals surface area contributed by atoms with Crippen LogP contribution in [0.15, 0.2) is 24.3 Å². The number of nitriles is 1. The molecule has 0 unspecified atom stereocenters. The number of hydrogen-bond acceptors (Lipinski definition) is 2. The van der Waals surface area contributed by atoms with Gasteiger partial charge in [0, 0.05) is 6.54 Å². The maximum Gasteiger partial charge on any atom is 0.101 e. The van der Waals surface area contributed by atoms with Crippen molar-refractivity contribution in [1.29, 1.82) is 5.26 Å². The van der Waals surface area contributed by atoms with Crippen LogP contribution in [0.5, 0.6) is 0 Å². The summed E-state index contributed by atoms with van der Waals surface area (Å²) in [7, 11) is 0. The van der Waals surface area contributed by atoms with Crippen molar-refractivity contribution >= 4 is 5.69 Å². The summed E-state index contributed by atoms with van der Waals surface area (Å²) in [4.78, 5) is 2.05. The first-order chi connectivity index (χ1) is 7.33. The van der Waals surface area contributed by atoms with Gasteiger partial charge in [0.25, 0.3) is 0 Å². The van der Waals surface area contributed by atoms with E-state index >= 15 is 0 Å². The number of anilines is 1. The summed E-state index contributed by atoms with van der Waals surface area (Å²) in [5.41, 5.74) is 1.61. The Labute approximate surface area is 91.1 Å². The van der Waals surface area contributed by atoms with Crippen molar-refractivity contribution in [3.8, 4) is 18.4 Å². The fourth-order valence-corrected chi connectivity index (χ4v) is 1.51. The first kappa shape index (κ1) is 11.1. The highest BCUT2D eigenvalue weighted by Crippen LogP contribution is 2.19. The second-order valence-corrected chi connectivity index (χ2v) is 3.25. The van der Waals surface area contributed by atoms with Crippen LogP contribution >= 0.6 is 0 Å². The molecule has 0 atom stereocenters. The summed E-state index contributed by atoms with van der Waals surface area (Å²) in [6.45, 7) is 3.52. The van der Waals surface area contributed by atoms with Gasteiger partial charge in [-0.15, -0.1) is 6.42 Å². The van der Waals surface area contributed by atoms with Crippen LogP contribution in [0, 0.1) is 23.7 Å². The Hall–Kier alpha value is -1.93. The summed E-state index contributed by atoms with van der Waals surface area (Å²) < 4.78 is 0. The molecule has 0 radical (unpaired) electrons. The topological polar surface area (TPSA) is 27.0 Å². The number of para-hydroxylation sites is 1. The minimum atomic E-state index is 0.548. The summed E-state index contributed by atoms with van der Waals surface area (Å²) in [5, 5.41) is 8.98. The first-order valence-corrected chi connectivity index (χ1v) is 5.01. The van der Waals surface area contributed by atoms with E-state index in [2.05, 4.69) is 23.8 Å². The van der Waals surface area contributed by atoms with E-state index in [1.807, 2.05) is 24.3 Å². The molecule has 0 spiro atoms. The summed E-state index contributed by atoms with van der Waals surface area (Å²) in [6, 6.07) is 9.72. The summed E-state index contributed by atoms with van der Waals surface area (Å²) in [5.74, 6) is 2.62. The third kappa shape index (κ3) is 2.76. The zero-order valence-electron chi connectivity index (χ0n) is 8.90. The number of benzene rings is 1. The fraction of sp³-hybridized carbons (Fsp3) is 0.308. The van der Waals surface area contributed by atoms with E-state index < -0.39 is 0 Å². The molecule has 0 aliphatic carbocycles. The quantitative estimate of drug-likeness (QED) is 0.695. The van der Waals surface area contributed by atoms with E-state index in [1.165, 1.54) is 0 Å². The van der Waals surface area contributed by atoms with Crippen LogP contribution in [0.3, 0.4) is 0 Å². The van der Waals surface area contributed by atoms with Crippen LogP contribution in [-0.2, 0) is 0 Å². The highest BCUT2D eigenvalue weighted by molar-refractivity contribution is 5.59. The monoisotopic (exact) mass is 198 g/mol. The molecule has 2 heteroatoms. The van der Waals surface area contributed by atoms with Crippen molar-refractivity contribution in [2.45, 2.75) is 13.3 Å². The molecule has 2 nitrogen and oxygen atoms in total. The van der Waals surface area contributed by atoms with Gasteiger partial charge in [0.15, 0.2) is 0 Å². The van der Waals surface area contributed by atoms with E-state index in [1.54, 1.807) is 0 Å². The zero-order chi connectivity index (χ0) is 11.1. The predicted octanol–water partition coefficient (Wildman–Crippen LogP) is 2.41. The lowest BCUT2D eigenvalue weighted by atomic mass is 10.1. The molecule has 0 aliphatic rings. The lowest BCUT2D eigenvalue weighted by molar-refractivity contribution is 0.822. The Kier molecular flexibility index (Phi) is 4.26. The SMILES string of the molecule is C#CCN(CCC)c1ccccc1C#N. The number of rotatable bonds is 4. The van der Waals surface area contributed by atoms with Gasteiger partial charge < -0.3 is 4.90 Å². The molecule has 0 aromatic heterocycles. The molecular formula is C13H14N2. The second-order valence-electron chi connectivity index (χ2n) is 3.25. The van der Waals surface area contributed by atoms with Crippen LogP contribution in [0.2, 0.25) is 0 Å². The van der Waals surface area contributed by atoms with Crippen molar-refractivity contribution in [2.75, 3.05) is 18.0 Å². The summed E-state index contributed by atoms with van der Waals surface area (Å²) >= 11 is 0. The smallest absolute Gasteiger partial charge is 0.101 e. The summed E-state index contributed by atoms with van der Waals surface area (Å²) in [6.07, 6.45) is 6.33. The minimum absolute atomic E-state index is 0.548. The normalized spacial score (nSPS) is 9.00. The van der Waals surface area contributed by atoms with Crippen molar-refractivity contribution in [2.24, 2.45) is 0 Å². The van der Waals surface area contributed by atoms with Crippen LogP contribution in [-0.4, -0.2) is 13.1 Å². The van der Waals surface area contributed by atoms with Crippen LogP contribution < -0.4 is 4.90 Å². The first-order valence-electron chi connectivity index (χ1n) is 5.01. The Balaban J connectivity index is 3.01. The average Bonchev–Trinajstić information content (AvgIpc) is 2.29. The molecular weight excluding hydrogens is 184 g/mol. The molecule has 0 saturated heterocycles. The van der Waals surface area contributed by atoms with E-state index in [0.717, 1.165) is 18.7 Å². The fourth-order valence-electron chi connectivity index (χ4n) is 1.51. The molecule has 1 aromatic rings. The predicted molar refractivity (Wildman–Crippen MR) is 62.5 cm³/mol. The maximum absolute atomic E-state index is 8.98. The number of terminal acetylenes is 1. The van der Waals surface area contributed by atoms with E-state index in [4.69, 9.17) is 11.7 Å². The largest absolute Gasteiger partial charge is 0.359 e. The van der Waals surface area contributed by atoms with Gasteiger partial charge in [0.1, 0.15) is 6.07 Å². The third-order valence-electron chi connectivity index (χ3n) is 2.14. The molecule has 0 heterocycles. The minimum Gasteiger partial charge on any atom is -0.359 e. The zero-order valence-corrected chi connectivity index (χ0v) is 8.90. The molecule has 0 aliphatic heterocycles. The lowest BCUT2D eigenvalue weighted by Gasteiger charge is -2.22. The van der Waals surface area contributed by atoms with Gasteiger partial charge in [0.2, 0.25) is 0 Å². The Morgan fingerprint density at radius 2 is 2.13 bits per heavy atom. The molecule has 1 rings (SSSR count). The van der Waals surface area contributed by atoms with Gasteiger partial charge >= 0.3 is 0 Å². The molecule has 0 amide bonds. The van der Waals surface area contributed by atoms with Gasteiger partial charge in [0.05, 0.1) is 17.8 Å². The molecule has 15 heavy (non-hydrogen) atoms. The highest BCUT2D eigenvalue weighted by atomic mass is 15.1. The molecule has 0 N–H and O–H groups in total. The van der Waals surface area contributed by atoms with Gasteiger partial charge in [-0.25, -0.2) is 0 Å². The van der Waals surface area contributed by atoms with Gasteiger partial charge in [-0.3, -0.25) is 0 Å². The number of nitrogens with zero attached hydrogens (tertiary/aromatic N) is 2. The second kappa shape index (κ2) is 5.73. The van der Waals surface area contributed by atoms with E-state index in [-0.39, 0.29) is 0 Å². The van der Waals surface area contributed by atoms with E-state index in [9.17, 15) is 0 Å². The lowest BCUT2D eigenvalue weighted by Crippen LogP contribution is -2.25. The van der Waals surface area contributed by atoms with Gasteiger partial charge in [-0.1, -0.05) is 25.0 Å². The molecule has 0 fully saturated rings. The average molecular weight is 198 g/mol. The maximum atomic E-state index is 8.98. The standard InChI is InChI=1S/C13H14N2/c1-3-9-15(10-4-2)13-8-6-5-7-12(13)11-14/h1,5-8H,4,9-10H2,2H3. The van der Waals surface area contributed by atoms with Crippen molar-refractivity contribution in [1.82, 2.24) is 0 Å². The Morgan fingerprint density at radius 3 is 2.73 bits per heavy atom. The number of hydrogen-bond donors (Lipinski definition) is 0. The molecule has 1 aromatic carbocycles. The molecule has 76 valence electrons. The van der Waals surface area contributed by atoms with Crippen molar-refractivity contribution < 1.29 is 0 Å².